The van der Waals surface area contributed by atoms with Crippen molar-refractivity contribution in [3.05, 3.63) is 0 Å². The van der Waals surface area contributed by atoms with Gasteiger partial charge in [0, 0.05) is 6.54 Å². The van der Waals surface area contributed by atoms with Gasteiger partial charge in [-0.15, -0.1) is 0 Å². The molecule has 1 aliphatic rings. The van der Waals surface area contributed by atoms with Gasteiger partial charge in [-0.2, -0.15) is 5.26 Å². The van der Waals surface area contributed by atoms with Crippen LogP contribution in [0.1, 0.15) is 32.1 Å². The molecule has 1 atom stereocenters. The maximum Gasteiger partial charge on any atom is 0.0962 e. The minimum atomic E-state index is 0.0262. The maximum atomic E-state index is 8.78. The normalized spacial score (nSPS) is 21.1. The summed E-state index contributed by atoms with van der Waals surface area (Å²) >= 11 is 0. The number of likely N-dealkylation sites (tertiary alicyclic amines) is 1. The largest absolute Gasteiger partial charge is 0.305 e. The molecule has 1 saturated heterocycles. The molecular formula is C11H21N3. The van der Waals surface area contributed by atoms with Gasteiger partial charge in [0.15, 0.2) is 0 Å². The lowest BCUT2D eigenvalue weighted by Crippen LogP contribution is -2.32. The van der Waals surface area contributed by atoms with E-state index in [1.54, 1.807) is 0 Å². The van der Waals surface area contributed by atoms with Crippen molar-refractivity contribution >= 4 is 0 Å². The molecule has 1 fully saturated rings. The fraction of sp³-hybridized carbons (Fsp3) is 0.909. The fourth-order valence-electron chi connectivity index (χ4n) is 1.94. The van der Waals surface area contributed by atoms with Crippen LogP contribution in [-0.2, 0) is 0 Å². The Hall–Kier alpha value is -0.590. The van der Waals surface area contributed by atoms with Crippen LogP contribution in [0.15, 0.2) is 0 Å². The van der Waals surface area contributed by atoms with Crippen LogP contribution in [0, 0.1) is 11.3 Å². The van der Waals surface area contributed by atoms with Crippen LogP contribution in [0.3, 0.4) is 0 Å². The molecule has 0 aromatic rings. The predicted octanol–water partition coefficient (Wildman–Crippen LogP) is 1.36. The minimum absolute atomic E-state index is 0.0262. The molecule has 0 radical (unpaired) electrons. The first-order valence-electron chi connectivity index (χ1n) is 5.66. The monoisotopic (exact) mass is 195 g/mol. The first-order valence-corrected chi connectivity index (χ1v) is 5.66. The van der Waals surface area contributed by atoms with E-state index in [0.29, 0.717) is 0 Å². The van der Waals surface area contributed by atoms with Gasteiger partial charge in [0.25, 0.3) is 0 Å². The van der Waals surface area contributed by atoms with Gasteiger partial charge in [0.05, 0.1) is 12.1 Å². The topological polar surface area (TPSA) is 39.1 Å². The zero-order valence-corrected chi connectivity index (χ0v) is 9.13. The van der Waals surface area contributed by atoms with Crippen molar-refractivity contribution in [1.82, 2.24) is 10.2 Å². The van der Waals surface area contributed by atoms with E-state index in [-0.39, 0.29) is 6.04 Å². The summed E-state index contributed by atoms with van der Waals surface area (Å²) in [4.78, 5) is 2.49. The van der Waals surface area contributed by atoms with Gasteiger partial charge in [0.1, 0.15) is 0 Å². The van der Waals surface area contributed by atoms with Gasteiger partial charge in [-0.05, 0) is 39.4 Å². The number of nitrogens with one attached hydrogen (secondary N) is 1. The Morgan fingerprint density at radius 1 is 1.29 bits per heavy atom. The quantitative estimate of drug-likeness (QED) is 0.736. The second kappa shape index (κ2) is 6.80. The Bertz CT molecular complexity index is 177. The summed E-state index contributed by atoms with van der Waals surface area (Å²) in [6, 6.07) is 2.30. The lowest BCUT2D eigenvalue weighted by atomic mass is 10.2. The molecular weight excluding hydrogens is 174 g/mol. The molecule has 0 aliphatic carbocycles. The van der Waals surface area contributed by atoms with Gasteiger partial charge >= 0.3 is 0 Å². The van der Waals surface area contributed by atoms with Crippen LogP contribution < -0.4 is 5.32 Å². The van der Waals surface area contributed by atoms with Crippen molar-refractivity contribution in [3.63, 3.8) is 0 Å². The molecule has 0 aromatic carbocycles. The fourth-order valence-corrected chi connectivity index (χ4v) is 1.94. The van der Waals surface area contributed by atoms with Gasteiger partial charge in [-0.3, -0.25) is 0 Å². The SMILES string of the molecule is CNC(C#N)CCN1CCCCCC1. The van der Waals surface area contributed by atoms with E-state index in [4.69, 9.17) is 5.26 Å². The highest BCUT2D eigenvalue weighted by Crippen LogP contribution is 2.10. The second-order valence-electron chi connectivity index (χ2n) is 4.01. The van der Waals surface area contributed by atoms with E-state index in [0.717, 1.165) is 13.0 Å². The summed E-state index contributed by atoms with van der Waals surface area (Å²) in [7, 11) is 1.86. The van der Waals surface area contributed by atoms with Crippen LogP contribution in [0.2, 0.25) is 0 Å². The first-order chi connectivity index (χ1) is 6.86. The Kier molecular flexibility index (Phi) is 5.58. The van der Waals surface area contributed by atoms with E-state index in [2.05, 4.69) is 16.3 Å². The maximum absolute atomic E-state index is 8.78. The molecule has 1 unspecified atom stereocenters. The van der Waals surface area contributed by atoms with Gasteiger partial charge in [-0.25, -0.2) is 0 Å². The predicted molar refractivity (Wildman–Crippen MR) is 58.0 cm³/mol. The molecule has 80 valence electrons. The summed E-state index contributed by atoms with van der Waals surface area (Å²) in [6.07, 6.45) is 6.37. The zero-order chi connectivity index (χ0) is 10.2. The van der Waals surface area contributed by atoms with Crippen LogP contribution in [0.4, 0.5) is 0 Å². The summed E-state index contributed by atoms with van der Waals surface area (Å²) in [6.45, 7) is 3.52. The van der Waals surface area contributed by atoms with Crippen molar-refractivity contribution in [2.45, 2.75) is 38.1 Å². The van der Waals surface area contributed by atoms with E-state index in [1.807, 2.05) is 7.05 Å². The van der Waals surface area contributed by atoms with Crippen LogP contribution in [-0.4, -0.2) is 37.6 Å². The van der Waals surface area contributed by atoms with Crippen molar-refractivity contribution in [1.29, 1.82) is 5.26 Å². The molecule has 1 N–H and O–H groups in total. The Balaban J connectivity index is 2.19. The molecule has 0 aromatic heterocycles. The lowest BCUT2D eigenvalue weighted by molar-refractivity contribution is 0.275. The van der Waals surface area contributed by atoms with Crippen molar-refractivity contribution < 1.29 is 0 Å². The van der Waals surface area contributed by atoms with Gasteiger partial charge in [-0.1, -0.05) is 12.8 Å². The molecule has 1 heterocycles. The summed E-state index contributed by atoms with van der Waals surface area (Å²) in [5.41, 5.74) is 0. The van der Waals surface area contributed by atoms with Crippen LogP contribution in [0.5, 0.6) is 0 Å². The van der Waals surface area contributed by atoms with E-state index in [1.165, 1.54) is 38.8 Å². The first kappa shape index (κ1) is 11.5. The number of hydrogen-bond donors (Lipinski definition) is 1. The average molecular weight is 195 g/mol. The zero-order valence-electron chi connectivity index (χ0n) is 9.13. The van der Waals surface area contributed by atoms with Gasteiger partial charge < -0.3 is 10.2 Å². The Morgan fingerprint density at radius 2 is 1.93 bits per heavy atom. The number of rotatable bonds is 4. The summed E-state index contributed by atoms with van der Waals surface area (Å²) in [5, 5.41) is 11.8. The van der Waals surface area contributed by atoms with Crippen molar-refractivity contribution in [2.24, 2.45) is 0 Å². The second-order valence-corrected chi connectivity index (χ2v) is 4.01. The molecule has 3 heteroatoms. The molecule has 0 amide bonds. The van der Waals surface area contributed by atoms with Crippen LogP contribution in [0.25, 0.3) is 0 Å². The van der Waals surface area contributed by atoms with E-state index < -0.39 is 0 Å². The molecule has 3 nitrogen and oxygen atoms in total. The third kappa shape index (κ3) is 4.08. The van der Waals surface area contributed by atoms with Gasteiger partial charge in [0.2, 0.25) is 0 Å². The highest BCUT2D eigenvalue weighted by Gasteiger charge is 2.11. The molecule has 0 bridgehead atoms. The number of nitrogens with zero attached hydrogens (tertiary/aromatic N) is 2. The smallest absolute Gasteiger partial charge is 0.0962 e. The van der Waals surface area contributed by atoms with Crippen molar-refractivity contribution in [3.8, 4) is 6.07 Å². The number of nitriles is 1. The summed E-state index contributed by atoms with van der Waals surface area (Å²) in [5.74, 6) is 0. The molecule has 1 rings (SSSR count). The summed E-state index contributed by atoms with van der Waals surface area (Å²) < 4.78 is 0. The number of hydrogen-bond acceptors (Lipinski definition) is 3. The van der Waals surface area contributed by atoms with Crippen LogP contribution >= 0.6 is 0 Å². The Morgan fingerprint density at radius 3 is 2.43 bits per heavy atom. The third-order valence-electron chi connectivity index (χ3n) is 2.94. The standard InChI is InChI=1S/C11H21N3/c1-13-11(10-12)6-9-14-7-4-2-3-5-8-14/h11,13H,2-9H2,1H3. The average Bonchev–Trinajstić information content (AvgIpc) is 2.48. The highest BCUT2D eigenvalue weighted by atomic mass is 15.1. The van der Waals surface area contributed by atoms with E-state index >= 15 is 0 Å². The highest BCUT2D eigenvalue weighted by molar-refractivity contribution is 4.89. The van der Waals surface area contributed by atoms with E-state index in [9.17, 15) is 0 Å². The molecule has 14 heavy (non-hydrogen) atoms. The Labute approximate surface area is 87.1 Å². The van der Waals surface area contributed by atoms with Crippen molar-refractivity contribution in [2.75, 3.05) is 26.7 Å². The third-order valence-corrected chi connectivity index (χ3v) is 2.94. The molecule has 0 saturated carbocycles. The molecule has 1 aliphatic heterocycles. The lowest BCUT2D eigenvalue weighted by Gasteiger charge is -2.20. The molecule has 0 spiro atoms. The minimum Gasteiger partial charge on any atom is -0.305 e.